The highest BCUT2D eigenvalue weighted by molar-refractivity contribution is 6.19. The van der Waals surface area contributed by atoms with E-state index in [0.29, 0.717) is 11.3 Å². The molecule has 1 aromatic carbocycles. The Bertz CT molecular complexity index is 612. The van der Waals surface area contributed by atoms with Crippen molar-refractivity contribution in [2.45, 2.75) is 12.7 Å². The molecule has 0 saturated heterocycles. The summed E-state index contributed by atoms with van der Waals surface area (Å²) in [5.74, 6) is -0.981. The Morgan fingerprint density at radius 1 is 1.45 bits per heavy atom. The number of nitrogens with zero attached hydrogens (tertiary/aromatic N) is 2. The number of carbonyl (C=O) groups excluding carboxylic acids is 1. The molecule has 0 radical (unpaired) electrons. The Morgan fingerprint density at radius 3 is 2.91 bits per heavy atom. The number of aliphatic imine (C=N–C) groups is 1. The average Bonchev–Trinajstić information content (AvgIpc) is 2.80. The lowest BCUT2D eigenvalue weighted by molar-refractivity contribution is -0.137. The van der Waals surface area contributed by atoms with Gasteiger partial charge >= 0.3 is 6.18 Å². The predicted octanol–water partition coefficient (Wildman–Crippen LogP) is 2.02. The van der Waals surface area contributed by atoms with Crippen molar-refractivity contribution >= 4 is 17.8 Å². The van der Waals surface area contributed by atoms with Crippen LogP contribution >= 0.6 is 0 Å². The molecule has 1 aliphatic heterocycles. The van der Waals surface area contributed by atoms with E-state index in [1.54, 1.807) is 6.07 Å². The minimum Gasteiger partial charge on any atom is -0.379 e. The smallest absolute Gasteiger partial charge is 0.379 e. The van der Waals surface area contributed by atoms with Gasteiger partial charge in [0.15, 0.2) is 0 Å². The van der Waals surface area contributed by atoms with Crippen LogP contribution in [0.25, 0.3) is 0 Å². The molecule has 1 atom stereocenters. The molecule has 0 bridgehead atoms. The van der Waals surface area contributed by atoms with E-state index in [1.807, 2.05) is 0 Å². The molecule has 0 aliphatic carbocycles. The fourth-order valence-corrected chi connectivity index (χ4v) is 1.95. The summed E-state index contributed by atoms with van der Waals surface area (Å²) < 4.78 is 42.7. The maximum Gasteiger partial charge on any atom is 0.416 e. The highest BCUT2D eigenvalue weighted by Gasteiger charge is 2.30. The molecule has 1 N–H and O–H groups in total. The van der Waals surface area contributed by atoms with Crippen LogP contribution in [-0.2, 0) is 22.3 Å². The molecule has 118 valence electrons. The number of methoxy groups -OCH3 is 1. The van der Waals surface area contributed by atoms with Crippen molar-refractivity contribution in [2.75, 3.05) is 13.7 Å². The summed E-state index contributed by atoms with van der Waals surface area (Å²) in [4.78, 5) is 15.6. The molecular formula is C14H14F3N3O2. The van der Waals surface area contributed by atoms with Crippen LogP contribution in [0.1, 0.15) is 11.1 Å². The summed E-state index contributed by atoms with van der Waals surface area (Å²) in [5, 5.41) is 3.81. The number of halogens is 3. The van der Waals surface area contributed by atoms with Crippen molar-refractivity contribution in [1.82, 2.24) is 5.43 Å². The molecule has 1 aromatic rings. The first-order valence-electron chi connectivity index (χ1n) is 6.43. The molecule has 5 nitrogen and oxygen atoms in total. The van der Waals surface area contributed by atoms with Gasteiger partial charge in [-0.25, -0.2) is 5.43 Å². The van der Waals surface area contributed by atoms with E-state index in [4.69, 9.17) is 4.74 Å². The van der Waals surface area contributed by atoms with Crippen molar-refractivity contribution in [3.63, 3.8) is 0 Å². The third kappa shape index (κ3) is 3.91. The van der Waals surface area contributed by atoms with E-state index in [-0.39, 0.29) is 19.1 Å². The van der Waals surface area contributed by atoms with Crippen molar-refractivity contribution in [1.29, 1.82) is 0 Å². The predicted molar refractivity (Wildman–Crippen MR) is 74.6 cm³/mol. The zero-order chi connectivity index (χ0) is 16.2. The summed E-state index contributed by atoms with van der Waals surface area (Å²) in [6, 6.07) is 4.91. The number of nitrogens with one attached hydrogen (secondary N) is 1. The highest BCUT2D eigenvalue weighted by Crippen LogP contribution is 2.29. The fourth-order valence-electron chi connectivity index (χ4n) is 1.95. The van der Waals surface area contributed by atoms with E-state index >= 15 is 0 Å². The summed E-state index contributed by atoms with van der Waals surface area (Å²) in [6.07, 6.45) is -3.01. The largest absolute Gasteiger partial charge is 0.416 e. The van der Waals surface area contributed by atoms with Crippen molar-refractivity contribution in [3.05, 3.63) is 35.4 Å². The SMILES string of the molecule is COCC1=NNC(=O)[C@@H]1C=NCc1cccc(C(F)(F)F)c1. The van der Waals surface area contributed by atoms with Gasteiger partial charge in [0.2, 0.25) is 0 Å². The molecule has 0 saturated carbocycles. The topological polar surface area (TPSA) is 63.0 Å². The van der Waals surface area contributed by atoms with Crippen LogP contribution in [-0.4, -0.2) is 31.6 Å². The van der Waals surface area contributed by atoms with Crippen molar-refractivity contribution in [2.24, 2.45) is 16.0 Å². The lowest BCUT2D eigenvalue weighted by atomic mass is 10.1. The Balaban J connectivity index is 2.03. The molecule has 1 aliphatic rings. The molecule has 2 rings (SSSR count). The Hall–Kier alpha value is -2.22. The third-order valence-corrected chi connectivity index (χ3v) is 3.03. The number of hydrazone groups is 1. The van der Waals surface area contributed by atoms with Crippen LogP contribution in [0, 0.1) is 5.92 Å². The second kappa shape index (κ2) is 6.69. The monoisotopic (exact) mass is 313 g/mol. The van der Waals surface area contributed by atoms with Gasteiger partial charge < -0.3 is 4.74 Å². The van der Waals surface area contributed by atoms with Gasteiger partial charge in [0.25, 0.3) is 5.91 Å². The summed E-state index contributed by atoms with van der Waals surface area (Å²) in [7, 11) is 1.47. The average molecular weight is 313 g/mol. The molecule has 0 aromatic heterocycles. The van der Waals surface area contributed by atoms with Crippen LogP contribution in [0.2, 0.25) is 0 Å². The number of alkyl halides is 3. The van der Waals surface area contributed by atoms with Gasteiger partial charge in [0.05, 0.1) is 24.4 Å². The fraction of sp³-hybridized carbons (Fsp3) is 0.357. The second-order valence-corrected chi connectivity index (χ2v) is 4.68. The standard InChI is InChI=1S/C14H14F3N3O2/c1-22-8-12-11(13(21)20-19-12)7-18-6-9-3-2-4-10(5-9)14(15,16)17/h2-5,7,11H,6,8H2,1H3,(H,20,21)/t11-/m1/s1. The number of hydrogen-bond donors (Lipinski definition) is 1. The van der Waals surface area contributed by atoms with Gasteiger partial charge in [-0.15, -0.1) is 0 Å². The first-order valence-corrected chi connectivity index (χ1v) is 6.43. The third-order valence-electron chi connectivity index (χ3n) is 3.03. The van der Waals surface area contributed by atoms with Gasteiger partial charge in [0.1, 0.15) is 5.92 Å². The maximum absolute atomic E-state index is 12.6. The van der Waals surface area contributed by atoms with Gasteiger partial charge in [-0.1, -0.05) is 12.1 Å². The van der Waals surface area contributed by atoms with Crippen LogP contribution in [0.5, 0.6) is 0 Å². The van der Waals surface area contributed by atoms with Crippen molar-refractivity contribution < 1.29 is 22.7 Å². The Kier molecular flexibility index (Phi) is 4.92. The normalized spacial score (nSPS) is 18.6. The number of carbonyl (C=O) groups is 1. The quantitative estimate of drug-likeness (QED) is 0.845. The number of ether oxygens (including phenoxy) is 1. The molecule has 0 fully saturated rings. The zero-order valence-corrected chi connectivity index (χ0v) is 11.7. The van der Waals surface area contributed by atoms with E-state index in [9.17, 15) is 18.0 Å². The lowest BCUT2D eigenvalue weighted by Gasteiger charge is -2.07. The lowest BCUT2D eigenvalue weighted by Crippen LogP contribution is -2.26. The Labute approximate surface area is 124 Å². The number of benzene rings is 1. The number of rotatable bonds is 5. The number of hydrogen-bond acceptors (Lipinski definition) is 4. The van der Waals surface area contributed by atoms with E-state index in [0.717, 1.165) is 12.1 Å². The zero-order valence-electron chi connectivity index (χ0n) is 11.7. The minimum atomic E-state index is -4.39. The molecule has 22 heavy (non-hydrogen) atoms. The molecular weight excluding hydrogens is 299 g/mol. The summed E-state index contributed by atoms with van der Waals surface area (Å²) in [5.41, 5.74) is 2.49. The summed E-state index contributed by atoms with van der Waals surface area (Å²) >= 11 is 0. The van der Waals surface area contributed by atoms with Gasteiger partial charge in [-0.3, -0.25) is 9.79 Å². The molecule has 0 spiro atoms. The molecule has 0 unspecified atom stereocenters. The molecule has 1 heterocycles. The van der Waals surface area contributed by atoms with Crippen LogP contribution in [0.15, 0.2) is 34.4 Å². The Morgan fingerprint density at radius 2 is 2.23 bits per heavy atom. The first-order chi connectivity index (χ1) is 10.4. The van der Waals surface area contributed by atoms with Gasteiger partial charge in [-0.2, -0.15) is 18.3 Å². The number of amides is 1. The van der Waals surface area contributed by atoms with Crippen LogP contribution in [0.3, 0.4) is 0 Å². The van der Waals surface area contributed by atoms with E-state index < -0.39 is 17.7 Å². The minimum absolute atomic E-state index is 0.0496. The highest BCUT2D eigenvalue weighted by atomic mass is 19.4. The van der Waals surface area contributed by atoms with Gasteiger partial charge in [-0.05, 0) is 17.7 Å². The van der Waals surface area contributed by atoms with E-state index in [2.05, 4.69) is 15.5 Å². The van der Waals surface area contributed by atoms with Crippen molar-refractivity contribution in [3.8, 4) is 0 Å². The second-order valence-electron chi connectivity index (χ2n) is 4.68. The molecule has 1 amide bonds. The van der Waals surface area contributed by atoms with E-state index in [1.165, 1.54) is 19.4 Å². The van der Waals surface area contributed by atoms with Crippen LogP contribution < -0.4 is 5.43 Å². The van der Waals surface area contributed by atoms with Crippen LogP contribution in [0.4, 0.5) is 13.2 Å². The molecule has 8 heteroatoms. The van der Waals surface area contributed by atoms with Gasteiger partial charge in [0, 0.05) is 13.3 Å². The first kappa shape index (κ1) is 16.2. The summed E-state index contributed by atoms with van der Waals surface area (Å²) in [6.45, 7) is 0.229. The maximum atomic E-state index is 12.6.